The second-order valence-electron chi connectivity index (χ2n) is 4.40. The molecule has 0 aliphatic carbocycles. The number of nitrogens with one attached hydrogen (secondary N) is 1. The van der Waals surface area contributed by atoms with Gasteiger partial charge in [-0.1, -0.05) is 6.07 Å². The van der Waals surface area contributed by atoms with E-state index < -0.39 is 11.6 Å². The predicted molar refractivity (Wildman–Crippen MR) is 75.8 cm³/mol. The van der Waals surface area contributed by atoms with Crippen molar-refractivity contribution < 1.29 is 8.78 Å². The normalized spacial score (nSPS) is 12.6. The first kappa shape index (κ1) is 12.9. The first-order chi connectivity index (χ1) is 9.65. The predicted octanol–water partition coefficient (Wildman–Crippen LogP) is 4.14. The third-order valence-electron chi connectivity index (χ3n) is 3.06. The lowest BCUT2D eigenvalue weighted by molar-refractivity contribution is 0.506. The van der Waals surface area contributed by atoms with Crippen LogP contribution in [0.1, 0.15) is 18.5 Å². The second-order valence-corrected chi connectivity index (χ2v) is 5.30. The zero-order chi connectivity index (χ0) is 14.1. The Morgan fingerprint density at radius 1 is 1.15 bits per heavy atom. The molecule has 0 bridgehead atoms. The Bertz CT molecular complexity index is 757. The number of halogens is 2. The van der Waals surface area contributed by atoms with Gasteiger partial charge >= 0.3 is 0 Å². The Balaban J connectivity index is 1.90. The van der Waals surface area contributed by atoms with Crippen LogP contribution in [0.2, 0.25) is 0 Å². The number of aromatic nitrogens is 2. The standard InChI is InChI=1S/C14H11F2N3S/c1-8(9-2-3-11(15)12(16)6-9)19-13-10-4-5-20-14(10)18-7-17-13/h2-8H,1H3,(H,17,18,19)/t8-/m0/s1. The maximum absolute atomic E-state index is 13.3. The van der Waals surface area contributed by atoms with Gasteiger partial charge in [0, 0.05) is 0 Å². The third-order valence-corrected chi connectivity index (χ3v) is 3.88. The Morgan fingerprint density at radius 2 is 2.00 bits per heavy atom. The zero-order valence-electron chi connectivity index (χ0n) is 10.6. The molecule has 2 heterocycles. The van der Waals surface area contributed by atoms with Gasteiger partial charge in [-0.2, -0.15) is 0 Å². The Kier molecular flexibility index (Phi) is 3.31. The van der Waals surface area contributed by atoms with Crippen molar-refractivity contribution in [1.29, 1.82) is 0 Å². The molecule has 0 unspecified atom stereocenters. The van der Waals surface area contributed by atoms with Gasteiger partial charge < -0.3 is 5.32 Å². The quantitative estimate of drug-likeness (QED) is 0.788. The Labute approximate surface area is 118 Å². The minimum absolute atomic E-state index is 0.192. The summed E-state index contributed by atoms with van der Waals surface area (Å²) in [6.07, 6.45) is 1.49. The van der Waals surface area contributed by atoms with Crippen molar-refractivity contribution in [2.24, 2.45) is 0 Å². The number of nitrogens with zero attached hydrogens (tertiary/aromatic N) is 2. The van der Waals surface area contributed by atoms with E-state index in [4.69, 9.17) is 0 Å². The monoisotopic (exact) mass is 291 g/mol. The van der Waals surface area contributed by atoms with Gasteiger partial charge in [0.05, 0.1) is 11.4 Å². The van der Waals surface area contributed by atoms with Crippen molar-refractivity contribution in [1.82, 2.24) is 9.97 Å². The zero-order valence-corrected chi connectivity index (χ0v) is 11.4. The summed E-state index contributed by atoms with van der Waals surface area (Å²) in [5, 5.41) is 6.06. The molecule has 102 valence electrons. The number of thiophene rings is 1. The van der Waals surface area contributed by atoms with Crippen molar-refractivity contribution in [3.05, 3.63) is 53.2 Å². The molecular weight excluding hydrogens is 280 g/mol. The van der Waals surface area contributed by atoms with E-state index in [1.807, 2.05) is 18.4 Å². The van der Waals surface area contributed by atoms with E-state index >= 15 is 0 Å². The van der Waals surface area contributed by atoms with Gasteiger partial charge in [0.2, 0.25) is 0 Å². The number of anilines is 1. The van der Waals surface area contributed by atoms with E-state index in [2.05, 4.69) is 15.3 Å². The van der Waals surface area contributed by atoms with Crippen LogP contribution in [-0.4, -0.2) is 9.97 Å². The SMILES string of the molecule is C[C@H](Nc1ncnc2sccc12)c1ccc(F)c(F)c1. The molecule has 1 N–H and O–H groups in total. The average Bonchev–Trinajstić information content (AvgIpc) is 2.91. The highest BCUT2D eigenvalue weighted by Gasteiger charge is 2.12. The fraction of sp³-hybridized carbons (Fsp3) is 0.143. The largest absolute Gasteiger partial charge is 0.363 e. The molecule has 1 atom stereocenters. The maximum Gasteiger partial charge on any atom is 0.159 e. The van der Waals surface area contributed by atoms with Gasteiger partial charge in [-0.15, -0.1) is 11.3 Å². The average molecular weight is 291 g/mol. The fourth-order valence-electron chi connectivity index (χ4n) is 1.98. The molecule has 0 amide bonds. The van der Waals surface area contributed by atoms with Crippen LogP contribution in [0.25, 0.3) is 10.2 Å². The molecule has 2 aromatic heterocycles. The van der Waals surface area contributed by atoms with Gasteiger partial charge in [-0.3, -0.25) is 0 Å². The van der Waals surface area contributed by atoms with Gasteiger partial charge in [0.15, 0.2) is 11.6 Å². The highest BCUT2D eigenvalue weighted by atomic mass is 32.1. The number of hydrogen-bond acceptors (Lipinski definition) is 4. The molecule has 0 aliphatic heterocycles. The lowest BCUT2D eigenvalue weighted by atomic mass is 10.1. The summed E-state index contributed by atoms with van der Waals surface area (Å²) in [6, 6.07) is 5.62. The lowest BCUT2D eigenvalue weighted by Gasteiger charge is -2.15. The molecule has 3 nitrogen and oxygen atoms in total. The van der Waals surface area contributed by atoms with E-state index in [-0.39, 0.29) is 6.04 Å². The van der Waals surface area contributed by atoms with E-state index in [0.717, 1.165) is 16.3 Å². The van der Waals surface area contributed by atoms with Crippen molar-refractivity contribution in [3.8, 4) is 0 Å². The molecular formula is C14H11F2N3S. The summed E-state index contributed by atoms with van der Waals surface area (Å²) in [5.74, 6) is -1.00. The van der Waals surface area contributed by atoms with Crippen LogP contribution < -0.4 is 5.32 Å². The van der Waals surface area contributed by atoms with Gasteiger partial charge in [-0.25, -0.2) is 18.7 Å². The minimum Gasteiger partial charge on any atom is -0.363 e. The van der Waals surface area contributed by atoms with Crippen LogP contribution in [0.4, 0.5) is 14.6 Å². The summed E-state index contributed by atoms with van der Waals surface area (Å²) in [4.78, 5) is 9.26. The molecule has 0 fully saturated rings. The highest BCUT2D eigenvalue weighted by molar-refractivity contribution is 7.16. The van der Waals surface area contributed by atoms with Crippen molar-refractivity contribution in [2.45, 2.75) is 13.0 Å². The van der Waals surface area contributed by atoms with E-state index in [1.165, 1.54) is 23.7 Å². The van der Waals surface area contributed by atoms with E-state index in [0.29, 0.717) is 11.4 Å². The van der Waals surface area contributed by atoms with Crippen LogP contribution in [0.3, 0.4) is 0 Å². The molecule has 1 aromatic carbocycles. The smallest absolute Gasteiger partial charge is 0.159 e. The van der Waals surface area contributed by atoms with Crippen LogP contribution >= 0.6 is 11.3 Å². The summed E-state index contributed by atoms with van der Waals surface area (Å²) < 4.78 is 26.2. The molecule has 3 aromatic rings. The first-order valence-corrected chi connectivity index (χ1v) is 6.93. The molecule has 0 saturated carbocycles. The third kappa shape index (κ3) is 2.34. The Morgan fingerprint density at radius 3 is 2.80 bits per heavy atom. The van der Waals surface area contributed by atoms with Crippen molar-refractivity contribution in [3.63, 3.8) is 0 Å². The molecule has 0 saturated heterocycles. The van der Waals surface area contributed by atoms with Crippen molar-refractivity contribution >= 4 is 27.4 Å². The number of benzene rings is 1. The van der Waals surface area contributed by atoms with Crippen LogP contribution in [0.15, 0.2) is 36.0 Å². The number of fused-ring (bicyclic) bond motifs is 1. The lowest BCUT2D eigenvalue weighted by Crippen LogP contribution is -2.09. The topological polar surface area (TPSA) is 37.8 Å². The second kappa shape index (κ2) is 5.13. The first-order valence-electron chi connectivity index (χ1n) is 6.05. The number of hydrogen-bond donors (Lipinski definition) is 1. The summed E-state index contributed by atoms with van der Waals surface area (Å²) in [5.41, 5.74) is 0.658. The number of rotatable bonds is 3. The summed E-state index contributed by atoms with van der Waals surface area (Å²) in [7, 11) is 0. The fourth-order valence-corrected chi connectivity index (χ4v) is 2.71. The molecule has 0 radical (unpaired) electrons. The van der Waals surface area contributed by atoms with Crippen LogP contribution in [0, 0.1) is 11.6 Å². The summed E-state index contributed by atoms with van der Waals surface area (Å²) in [6.45, 7) is 1.87. The van der Waals surface area contributed by atoms with Gasteiger partial charge in [-0.05, 0) is 36.1 Å². The molecule has 20 heavy (non-hydrogen) atoms. The summed E-state index contributed by atoms with van der Waals surface area (Å²) >= 11 is 1.53. The Hall–Kier alpha value is -2.08. The van der Waals surface area contributed by atoms with Crippen molar-refractivity contribution in [2.75, 3.05) is 5.32 Å². The van der Waals surface area contributed by atoms with Gasteiger partial charge in [0.25, 0.3) is 0 Å². The van der Waals surface area contributed by atoms with Crippen LogP contribution in [0.5, 0.6) is 0 Å². The molecule has 0 spiro atoms. The van der Waals surface area contributed by atoms with E-state index in [1.54, 1.807) is 6.07 Å². The molecule has 3 rings (SSSR count). The highest BCUT2D eigenvalue weighted by Crippen LogP contribution is 2.27. The minimum atomic E-state index is -0.848. The maximum atomic E-state index is 13.3. The van der Waals surface area contributed by atoms with Crippen LogP contribution in [-0.2, 0) is 0 Å². The molecule has 6 heteroatoms. The van der Waals surface area contributed by atoms with E-state index in [9.17, 15) is 8.78 Å². The van der Waals surface area contributed by atoms with Gasteiger partial charge in [0.1, 0.15) is 17.0 Å². The molecule has 0 aliphatic rings.